The molecule has 1 fully saturated rings. The smallest absolute Gasteiger partial charge is 0.227 e. The second kappa shape index (κ2) is 7.33. The van der Waals surface area contributed by atoms with E-state index >= 15 is 0 Å². The summed E-state index contributed by atoms with van der Waals surface area (Å²) in [6.45, 7) is 1.06. The zero-order valence-corrected chi connectivity index (χ0v) is 14.8. The molecule has 0 radical (unpaired) electrons. The average Bonchev–Trinajstić information content (AvgIpc) is 2.63. The van der Waals surface area contributed by atoms with Crippen molar-refractivity contribution < 1.29 is 9.90 Å². The first-order chi connectivity index (χ1) is 12.0. The molecule has 132 valence electrons. The highest BCUT2D eigenvalue weighted by Gasteiger charge is 2.44. The highest BCUT2D eigenvalue weighted by Crippen LogP contribution is 2.35. The van der Waals surface area contributed by atoms with E-state index in [1.54, 1.807) is 12.4 Å². The molecule has 1 aromatic carbocycles. The molecule has 1 aliphatic heterocycles. The topological polar surface area (TPSA) is 56.7 Å². The predicted octanol–water partition coefficient (Wildman–Crippen LogP) is 1.67. The van der Waals surface area contributed by atoms with E-state index in [2.05, 4.69) is 4.98 Å². The molecule has 1 aromatic heterocycles. The average molecular weight is 339 g/mol. The van der Waals surface area contributed by atoms with Gasteiger partial charge >= 0.3 is 0 Å². The first-order valence-electron chi connectivity index (χ1n) is 8.62. The van der Waals surface area contributed by atoms with E-state index in [4.69, 9.17) is 0 Å². The van der Waals surface area contributed by atoms with Crippen LogP contribution < -0.4 is 0 Å². The van der Waals surface area contributed by atoms with Crippen molar-refractivity contribution in [2.45, 2.75) is 24.5 Å². The minimum atomic E-state index is -0.949. The number of amides is 1. The SMILES string of the molecule is CN(C)C1CN(C(=O)Cc2cccnc2)CCC1(O)c1ccccc1. The van der Waals surface area contributed by atoms with Crippen molar-refractivity contribution in [1.29, 1.82) is 0 Å². The van der Waals surface area contributed by atoms with E-state index in [0.717, 1.165) is 11.1 Å². The molecule has 1 amide bonds. The summed E-state index contributed by atoms with van der Waals surface area (Å²) in [5.41, 5.74) is 0.876. The lowest BCUT2D eigenvalue weighted by atomic mass is 9.79. The fourth-order valence-electron chi connectivity index (χ4n) is 3.59. The van der Waals surface area contributed by atoms with Crippen molar-refractivity contribution in [1.82, 2.24) is 14.8 Å². The molecule has 2 unspecified atom stereocenters. The third kappa shape index (κ3) is 3.72. The van der Waals surface area contributed by atoms with Crippen LogP contribution in [0.25, 0.3) is 0 Å². The number of likely N-dealkylation sites (tertiary alicyclic amines) is 1. The van der Waals surface area contributed by atoms with E-state index in [1.165, 1.54) is 0 Å². The summed E-state index contributed by atoms with van der Waals surface area (Å²) in [7, 11) is 3.90. The van der Waals surface area contributed by atoms with E-state index in [9.17, 15) is 9.90 Å². The van der Waals surface area contributed by atoms with Gasteiger partial charge in [0.25, 0.3) is 0 Å². The molecule has 1 aliphatic rings. The monoisotopic (exact) mass is 339 g/mol. The zero-order chi connectivity index (χ0) is 17.9. The van der Waals surface area contributed by atoms with Crippen molar-refractivity contribution >= 4 is 5.91 Å². The van der Waals surface area contributed by atoms with Crippen LogP contribution in [0.4, 0.5) is 0 Å². The normalized spacial score (nSPS) is 23.7. The second-order valence-electron chi connectivity index (χ2n) is 6.90. The Morgan fingerprint density at radius 2 is 2.04 bits per heavy atom. The molecular formula is C20H25N3O2. The molecule has 3 rings (SSSR count). The van der Waals surface area contributed by atoms with Crippen LogP contribution in [0.2, 0.25) is 0 Å². The molecule has 2 atom stereocenters. The van der Waals surface area contributed by atoms with Gasteiger partial charge in [-0.25, -0.2) is 0 Å². The third-order valence-electron chi connectivity index (χ3n) is 5.04. The van der Waals surface area contributed by atoms with Crippen LogP contribution in [-0.4, -0.2) is 59.0 Å². The fraction of sp³-hybridized carbons (Fsp3) is 0.400. The molecule has 1 saturated heterocycles. The van der Waals surface area contributed by atoms with Gasteiger partial charge in [0.15, 0.2) is 0 Å². The lowest BCUT2D eigenvalue weighted by molar-refractivity contribution is -0.141. The molecule has 0 bridgehead atoms. The van der Waals surface area contributed by atoms with Crippen LogP contribution in [0, 0.1) is 0 Å². The van der Waals surface area contributed by atoms with E-state index in [-0.39, 0.29) is 11.9 Å². The van der Waals surface area contributed by atoms with Gasteiger partial charge in [-0.3, -0.25) is 9.78 Å². The van der Waals surface area contributed by atoms with Gasteiger partial charge in [0.1, 0.15) is 5.60 Å². The van der Waals surface area contributed by atoms with Gasteiger partial charge in [0, 0.05) is 25.5 Å². The van der Waals surface area contributed by atoms with Gasteiger partial charge in [0.05, 0.1) is 12.5 Å². The van der Waals surface area contributed by atoms with Crippen LogP contribution in [0.3, 0.4) is 0 Å². The summed E-state index contributed by atoms with van der Waals surface area (Å²) in [4.78, 5) is 20.6. The molecule has 2 heterocycles. The molecule has 1 N–H and O–H groups in total. The van der Waals surface area contributed by atoms with Gasteiger partial charge < -0.3 is 14.9 Å². The molecule has 5 nitrogen and oxygen atoms in total. The molecule has 2 aromatic rings. The van der Waals surface area contributed by atoms with Gasteiger partial charge in [-0.15, -0.1) is 0 Å². The maximum atomic E-state index is 12.7. The van der Waals surface area contributed by atoms with Crippen molar-refractivity contribution in [3.8, 4) is 0 Å². The molecule has 25 heavy (non-hydrogen) atoms. The Balaban J connectivity index is 1.76. The minimum absolute atomic E-state index is 0.0787. The van der Waals surface area contributed by atoms with Crippen LogP contribution in [-0.2, 0) is 16.8 Å². The van der Waals surface area contributed by atoms with Gasteiger partial charge in [-0.1, -0.05) is 36.4 Å². The number of hydrogen-bond donors (Lipinski definition) is 1. The van der Waals surface area contributed by atoms with E-state index in [1.807, 2.05) is 66.4 Å². The quantitative estimate of drug-likeness (QED) is 0.921. The number of nitrogens with zero attached hydrogens (tertiary/aromatic N) is 3. The molecule has 0 saturated carbocycles. The first-order valence-corrected chi connectivity index (χ1v) is 8.62. The largest absolute Gasteiger partial charge is 0.383 e. The summed E-state index contributed by atoms with van der Waals surface area (Å²) in [5.74, 6) is 0.0787. The standard InChI is InChI=1S/C20H25N3O2/c1-22(2)18-15-23(19(24)13-16-7-6-11-21-14-16)12-10-20(18,25)17-8-4-3-5-9-17/h3-9,11,14,18,25H,10,12-13,15H2,1-2H3. The van der Waals surface area contributed by atoms with Crippen LogP contribution in [0.1, 0.15) is 17.5 Å². The first kappa shape index (κ1) is 17.6. The summed E-state index contributed by atoms with van der Waals surface area (Å²) in [5, 5.41) is 11.4. The Bertz CT molecular complexity index is 705. The Hall–Kier alpha value is -2.24. The van der Waals surface area contributed by atoms with E-state index < -0.39 is 5.60 Å². The molecule has 0 spiro atoms. The highest BCUT2D eigenvalue weighted by atomic mass is 16.3. The Morgan fingerprint density at radius 3 is 2.68 bits per heavy atom. The fourth-order valence-corrected chi connectivity index (χ4v) is 3.59. The lowest BCUT2D eigenvalue weighted by Crippen LogP contribution is -2.60. The number of rotatable bonds is 4. The Kier molecular flexibility index (Phi) is 5.16. The van der Waals surface area contributed by atoms with E-state index in [0.29, 0.717) is 25.9 Å². The lowest BCUT2D eigenvalue weighted by Gasteiger charge is -2.47. The third-order valence-corrected chi connectivity index (χ3v) is 5.04. The second-order valence-corrected chi connectivity index (χ2v) is 6.90. The number of aliphatic hydroxyl groups is 1. The van der Waals surface area contributed by atoms with Gasteiger partial charge in [-0.2, -0.15) is 0 Å². The van der Waals surface area contributed by atoms with Crippen molar-refractivity contribution in [2.75, 3.05) is 27.2 Å². The summed E-state index contributed by atoms with van der Waals surface area (Å²) in [6, 6.07) is 13.4. The highest BCUT2D eigenvalue weighted by molar-refractivity contribution is 5.79. The Morgan fingerprint density at radius 1 is 1.28 bits per heavy atom. The minimum Gasteiger partial charge on any atom is -0.383 e. The number of carbonyl (C=O) groups excluding carboxylic acids is 1. The maximum absolute atomic E-state index is 12.7. The van der Waals surface area contributed by atoms with Crippen LogP contribution >= 0.6 is 0 Å². The molecule has 5 heteroatoms. The zero-order valence-electron chi connectivity index (χ0n) is 14.8. The molecular weight excluding hydrogens is 314 g/mol. The summed E-state index contributed by atoms with van der Waals surface area (Å²) >= 11 is 0. The predicted molar refractivity (Wildman–Crippen MR) is 97.0 cm³/mol. The van der Waals surface area contributed by atoms with Gasteiger partial charge in [-0.05, 0) is 37.7 Å². The number of piperidine rings is 1. The van der Waals surface area contributed by atoms with Crippen LogP contribution in [0.15, 0.2) is 54.9 Å². The number of carbonyl (C=O) groups is 1. The van der Waals surface area contributed by atoms with Crippen molar-refractivity contribution in [3.63, 3.8) is 0 Å². The van der Waals surface area contributed by atoms with Gasteiger partial charge in [0.2, 0.25) is 5.91 Å². The van der Waals surface area contributed by atoms with Crippen molar-refractivity contribution in [3.05, 3.63) is 66.0 Å². The Labute approximate surface area is 148 Å². The maximum Gasteiger partial charge on any atom is 0.227 e. The van der Waals surface area contributed by atoms with Crippen molar-refractivity contribution in [2.24, 2.45) is 0 Å². The number of benzene rings is 1. The summed E-state index contributed by atoms with van der Waals surface area (Å²) in [6.07, 6.45) is 4.30. The van der Waals surface area contributed by atoms with Crippen LogP contribution in [0.5, 0.6) is 0 Å². The molecule has 0 aliphatic carbocycles. The summed E-state index contributed by atoms with van der Waals surface area (Å²) < 4.78 is 0. The number of hydrogen-bond acceptors (Lipinski definition) is 4. The number of aromatic nitrogens is 1. The number of pyridine rings is 1. The number of likely N-dealkylation sites (N-methyl/N-ethyl adjacent to an activating group) is 1.